The number of likely N-dealkylation sites (tertiary alicyclic amines) is 1. The molecule has 3 atom stereocenters. The van der Waals surface area contributed by atoms with Gasteiger partial charge in [0.1, 0.15) is 11.5 Å². The Hall–Kier alpha value is -3.91. The highest BCUT2D eigenvalue weighted by atomic mass is 28.4. The summed E-state index contributed by atoms with van der Waals surface area (Å²) >= 11 is 0. The maximum Gasteiger partial charge on any atom is 0.255 e. The van der Waals surface area contributed by atoms with Gasteiger partial charge in [-0.3, -0.25) is 4.79 Å². The van der Waals surface area contributed by atoms with Gasteiger partial charge >= 0.3 is 0 Å². The molecule has 0 spiro atoms. The van der Waals surface area contributed by atoms with Gasteiger partial charge in [-0.25, -0.2) is 0 Å². The lowest BCUT2D eigenvalue weighted by molar-refractivity contribution is -0.191. The molecule has 7 heteroatoms. The van der Waals surface area contributed by atoms with E-state index in [0.29, 0.717) is 6.61 Å². The molecule has 1 saturated heterocycles. The lowest BCUT2D eigenvalue weighted by Gasteiger charge is -2.55. The number of ether oxygens (including phenoxy) is 3. The highest BCUT2D eigenvalue weighted by molar-refractivity contribution is 6.74. The molecule has 0 N–H and O–H groups in total. The van der Waals surface area contributed by atoms with Crippen molar-refractivity contribution < 1.29 is 23.4 Å². The van der Waals surface area contributed by atoms with Crippen molar-refractivity contribution in [2.75, 3.05) is 14.2 Å². The third-order valence-electron chi connectivity index (χ3n) is 9.21. The zero-order valence-corrected chi connectivity index (χ0v) is 28.4. The first kappa shape index (κ1) is 32.5. The van der Waals surface area contributed by atoms with Crippen LogP contribution in [0.5, 0.6) is 11.5 Å². The van der Waals surface area contributed by atoms with Crippen LogP contribution < -0.4 is 9.47 Å². The average molecular weight is 624 g/mol. The van der Waals surface area contributed by atoms with Crippen LogP contribution >= 0.6 is 0 Å². The normalized spacial score (nSPS) is 17.6. The number of methoxy groups -OCH3 is 2. The Bertz CT molecular complexity index is 1490. The molecule has 0 saturated carbocycles. The second-order valence-electron chi connectivity index (χ2n) is 13.1. The van der Waals surface area contributed by atoms with Crippen LogP contribution in [0.4, 0.5) is 0 Å². The van der Waals surface area contributed by atoms with Gasteiger partial charge in [-0.2, -0.15) is 0 Å². The topological polar surface area (TPSA) is 57.2 Å². The molecule has 0 aliphatic carbocycles. The van der Waals surface area contributed by atoms with Gasteiger partial charge < -0.3 is 23.5 Å². The van der Waals surface area contributed by atoms with Crippen LogP contribution in [0.3, 0.4) is 0 Å². The van der Waals surface area contributed by atoms with E-state index in [1.54, 1.807) is 14.2 Å². The van der Waals surface area contributed by atoms with Crippen molar-refractivity contribution in [3.05, 3.63) is 131 Å². The van der Waals surface area contributed by atoms with Crippen LogP contribution in [-0.4, -0.2) is 45.5 Å². The smallest absolute Gasteiger partial charge is 0.255 e. The Labute approximate surface area is 269 Å². The number of carbonyl (C=O) groups excluding carboxylic acids is 1. The Morgan fingerprint density at radius 2 is 1.20 bits per heavy atom. The van der Waals surface area contributed by atoms with Gasteiger partial charge in [-0.15, -0.1) is 0 Å². The molecular formula is C38H45NO5Si. The average Bonchev–Trinajstić information content (AvgIpc) is 3.05. The van der Waals surface area contributed by atoms with Crippen LogP contribution in [0.1, 0.15) is 55.2 Å². The number of hydrogen-bond acceptors (Lipinski definition) is 5. The number of rotatable bonds is 12. The number of amides is 1. The lowest BCUT2D eigenvalue weighted by atomic mass is 9.83. The summed E-state index contributed by atoms with van der Waals surface area (Å²) in [6.07, 6.45) is -1.08. The summed E-state index contributed by atoms with van der Waals surface area (Å²) in [5, 5.41) is -0.0373. The minimum absolute atomic E-state index is 0.0373. The molecule has 1 aliphatic heterocycles. The van der Waals surface area contributed by atoms with Gasteiger partial charge in [0.05, 0.1) is 39.0 Å². The van der Waals surface area contributed by atoms with E-state index in [-0.39, 0.29) is 23.0 Å². The third kappa shape index (κ3) is 7.01. The number of carbonyl (C=O) groups is 1. The van der Waals surface area contributed by atoms with Crippen LogP contribution in [0.2, 0.25) is 18.1 Å². The first-order chi connectivity index (χ1) is 21.5. The summed E-state index contributed by atoms with van der Waals surface area (Å²) < 4.78 is 24.7. The maximum atomic E-state index is 14.4. The van der Waals surface area contributed by atoms with E-state index in [0.717, 1.165) is 33.8 Å². The van der Waals surface area contributed by atoms with E-state index in [1.807, 2.05) is 102 Å². The largest absolute Gasteiger partial charge is 0.497 e. The predicted octanol–water partition coefficient (Wildman–Crippen LogP) is 8.35. The van der Waals surface area contributed by atoms with Crippen molar-refractivity contribution in [3.8, 4) is 11.5 Å². The predicted molar refractivity (Wildman–Crippen MR) is 181 cm³/mol. The van der Waals surface area contributed by atoms with Crippen molar-refractivity contribution in [1.29, 1.82) is 0 Å². The van der Waals surface area contributed by atoms with Gasteiger partial charge in [0.15, 0.2) is 14.4 Å². The van der Waals surface area contributed by atoms with Gasteiger partial charge in [-0.05, 0) is 64.7 Å². The summed E-state index contributed by atoms with van der Waals surface area (Å²) in [6, 6.07) is 35.4. The monoisotopic (exact) mass is 623 g/mol. The van der Waals surface area contributed by atoms with Gasteiger partial charge in [0, 0.05) is 0 Å². The molecule has 0 radical (unpaired) electrons. The summed E-state index contributed by atoms with van der Waals surface area (Å²) in [6.45, 7) is 11.6. The molecule has 0 bridgehead atoms. The summed E-state index contributed by atoms with van der Waals surface area (Å²) in [7, 11) is 1.00. The molecule has 1 aliphatic rings. The molecule has 236 valence electrons. The van der Waals surface area contributed by atoms with Crippen LogP contribution in [0.25, 0.3) is 0 Å². The molecule has 1 fully saturated rings. The van der Waals surface area contributed by atoms with Gasteiger partial charge in [0.25, 0.3) is 5.91 Å². The zero-order chi connectivity index (χ0) is 32.2. The SMILES string of the molecule is COc1ccc(C(c2ccc(OC)cc2)N2C(=O)[C@H](OCc3ccccc3)[C@@H]2[C@H](O[Si](C)(C)C(C)(C)C)c2ccccc2)cc1. The molecule has 0 unspecified atom stereocenters. The first-order valence-electron chi connectivity index (χ1n) is 15.5. The van der Waals surface area contributed by atoms with Crippen molar-refractivity contribution in [3.63, 3.8) is 0 Å². The first-order valence-corrected chi connectivity index (χ1v) is 18.4. The minimum atomic E-state index is -2.31. The fourth-order valence-electron chi connectivity index (χ4n) is 5.60. The second kappa shape index (κ2) is 13.6. The third-order valence-corrected chi connectivity index (χ3v) is 13.7. The lowest BCUT2D eigenvalue weighted by Crippen LogP contribution is -2.69. The molecule has 6 nitrogen and oxygen atoms in total. The van der Waals surface area contributed by atoms with Crippen LogP contribution in [0, 0.1) is 0 Å². The van der Waals surface area contributed by atoms with E-state index >= 15 is 0 Å². The van der Waals surface area contributed by atoms with Crippen molar-refractivity contribution >= 4 is 14.2 Å². The fourth-order valence-corrected chi connectivity index (χ4v) is 6.86. The zero-order valence-electron chi connectivity index (χ0n) is 27.4. The summed E-state index contributed by atoms with van der Waals surface area (Å²) in [4.78, 5) is 16.4. The fraction of sp³-hybridized carbons (Fsp3) is 0.342. The van der Waals surface area contributed by atoms with E-state index in [1.165, 1.54) is 0 Å². The molecule has 4 aromatic carbocycles. The number of benzene rings is 4. The Kier molecular flexibility index (Phi) is 9.82. The Morgan fingerprint density at radius 3 is 1.67 bits per heavy atom. The molecule has 45 heavy (non-hydrogen) atoms. The second-order valence-corrected chi connectivity index (χ2v) is 17.9. The number of nitrogens with zero attached hydrogens (tertiary/aromatic N) is 1. The Morgan fingerprint density at radius 1 is 0.711 bits per heavy atom. The van der Waals surface area contributed by atoms with Crippen molar-refractivity contribution in [2.45, 2.75) is 69.8 Å². The van der Waals surface area contributed by atoms with E-state index in [4.69, 9.17) is 18.6 Å². The van der Waals surface area contributed by atoms with Crippen LogP contribution in [-0.2, 0) is 20.6 Å². The highest BCUT2D eigenvalue weighted by Crippen LogP contribution is 2.48. The van der Waals surface area contributed by atoms with Crippen LogP contribution in [0.15, 0.2) is 109 Å². The van der Waals surface area contributed by atoms with E-state index in [2.05, 4.69) is 46.0 Å². The maximum absolute atomic E-state index is 14.4. The molecule has 1 heterocycles. The standard InChI is InChI=1S/C38H45NO5Si/c1-38(2,3)45(6,7)44-35(30-16-12-9-13-17-30)34-36(43-26-27-14-10-8-11-15-27)37(40)39(34)33(28-18-22-31(41-4)23-19-28)29-20-24-32(42-5)25-21-29/h8-25,33-36H,26H2,1-7H3/t34-,35+,36+/m0/s1. The van der Waals surface area contributed by atoms with Gasteiger partial charge in [-0.1, -0.05) is 106 Å². The van der Waals surface area contributed by atoms with Crippen molar-refractivity contribution in [2.24, 2.45) is 0 Å². The van der Waals surface area contributed by atoms with E-state index in [9.17, 15) is 4.79 Å². The minimum Gasteiger partial charge on any atom is -0.497 e. The van der Waals surface area contributed by atoms with Crippen molar-refractivity contribution in [1.82, 2.24) is 4.90 Å². The highest BCUT2D eigenvalue weighted by Gasteiger charge is 2.57. The molecule has 0 aromatic heterocycles. The molecular weight excluding hydrogens is 579 g/mol. The molecule has 1 amide bonds. The summed E-state index contributed by atoms with van der Waals surface area (Å²) in [5.41, 5.74) is 3.99. The van der Waals surface area contributed by atoms with E-state index < -0.39 is 20.5 Å². The quantitative estimate of drug-likeness (QED) is 0.117. The number of hydrogen-bond donors (Lipinski definition) is 0. The Balaban J connectivity index is 1.63. The molecule has 5 rings (SSSR count). The summed E-state index contributed by atoms with van der Waals surface area (Å²) in [5.74, 6) is 1.45. The number of β-lactam (4-membered cyclic amide) rings is 1. The van der Waals surface area contributed by atoms with Gasteiger partial charge in [0.2, 0.25) is 0 Å². The molecule has 4 aromatic rings.